The zero-order valence-corrected chi connectivity index (χ0v) is 9.34. The number of hydrogen-bond donors (Lipinski definition) is 2. The summed E-state index contributed by atoms with van der Waals surface area (Å²) in [5.41, 5.74) is 0.641. The van der Waals surface area contributed by atoms with Gasteiger partial charge >= 0.3 is 0 Å². The van der Waals surface area contributed by atoms with Crippen LogP contribution in [0.4, 0.5) is 0 Å². The van der Waals surface area contributed by atoms with Crippen LogP contribution >= 0.6 is 0 Å². The molecular formula is C14H14O3. The lowest BCUT2D eigenvalue weighted by Crippen LogP contribution is -2.40. The number of Topliss-reactive ketones (excluding diaryl/α,β-unsaturated/α-hetero) is 1. The van der Waals surface area contributed by atoms with E-state index in [0.29, 0.717) is 17.6 Å². The maximum Gasteiger partial charge on any atom is 0.252 e. The predicted octanol–water partition coefficient (Wildman–Crippen LogP) is 1.83. The molecule has 0 atom stereocenters. The van der Waals surface area contributed by atoms with Crippen molar-refractivity contribution in [3.8, 4) is 0 Å². The van der Waals surface area contributed by atoms with Gasteiger partial charge in [0.2, 0.25) is 5.78 Å². The van der Waals surface area contributed by atoms with Gasteiger partial charge in [0.05, 0.1) is 0 Å². The van der Waals surface area contributed by atoms with E-state index < -0.39 is 11.6 Å². The molecule has 0 unspecified atom stereocenters. The summed E-state index contributed by atoms with van der Waals surface area (Å²) in [5, 5.41) is 19.9. The van der Waals surface area contributed by atoms with Crippen LogP contribution in [0.5, 0.6) is 0 Å². The Kier molecular flexibility index (Phi) is 3.22. The van der Waals surface area contributed by atoms with E-state index in [9.17, 15) is 15.0 Å². The van der Waals surface area contributed by atoms with E-state index in [2.05, 4.69) is 0 Å². The number of allylic oxidation sites excluding steroid dienone is 3. The number of rotatable bonds is 3. The van der Waals surface area contributed by atoms with Crippen LogP contribution in [0.3, 0.4) is 0 Å². The second-order valence-corrected chi connectivity index (χ2v) is 4.03. The highest BCUT2D eigenvalue weighted by Gasteiger charge is 2.37. The quantitative estimate of drug-likeness (QED) is 0.615. The monoisotopic (exact) mass is 230 g/mol. The van der Waals surface area contributed by atoms with Crippen molar-refractivity contribution in [2.45, 2.75) is 18.6 Å². The molecule has 2 rings (SSSR count). The van der Waals surface area contributed by atoms with Crippen LogP contribution in [0, 0.1) is 0 Å². The molecule has 0 saturated carbocycles. The van der Waals surface area contributed by atoms with Gasteiger partial charge in [-0.2, -0.15) is 0 Å². The minimum absolute atomic E-state index is 0.299. The summed E-state index contributed by atoms with van der Waals surface area (Å²) < 4.78 is 0. The molecule has 0 saturated heterocycles. The highest BCUT2D eigenvalue weighted by molar-refractivity contribution is 6.03. The van der Waals surface area contributed by atoms with Crippen LogP contribution in [0.15, 0.2) is 54.1 Å². The van der Waals surface area contributed by atoms with Gasteiger partial charge in [0, 0.05) is 5.56 Å². The smallest absolute Gasteiger partial charge is 0.252 e. The molecule has 0 radical (unpaired) electrons. The molecule has 0 spiro atoms. The Morgan fingerprint density at radius 3 is 2.47 bits per heavy atom. The number of benzene rings is 1. The molecular weight excluding hydrogens is 216 g/mol. The second-order valence-electron chi connectivity index (χ2n) is 4.03. The maximum atomic E-state index is 12.0. The zero-order valence-electron chi connectivity index (χ0n) is 9.34. The first-order valence-electron chi connectivity index (χ1n) is 5.53. The predicted molar refractivity (Wildman–Crippen MR) is 64.4 cm³/mol. The van der Waals surface area contributed by atoms with Crippen molar-refractivity contribution in [1.29, 1.82) is 0 Å². The SMILES string of the molecule is O=C(c1ccccc1)C(O)(O)C1=CC=CCC1. The fraction of sp³-hybridized carbons (Fsp3) is 0.214. The maximum absolute atomic E-state index is 12.0. The normalized spacial score (nSPS) is 15.5. The van der Waals surface area contributed by atoms with E-state index in [1.807, 2.05) is 6.08 Å². The summed E-state index contributed by atoms with van der Waals surface area (Å²) >= 11 is 0. The van der Waals surface area contributed by atoms with Gasteiger partial charge in [-0.05, 0) is 18.4 Å². The third kappa shape index (κ3) is 2.35. The second kappa shape index (κ2) is 4.65. The van der Waals surface area contributed by atoms with Gasteiger partial charge in [0.15, 0.2) is 0 Å². The van der Waals surface area contributed by atoms with Crippen molar-refractivity contribution in [2.75, 3.05) is 0 Å². The first-order chi connectivity index (χ1) is 8.12. The lowest BCUT2D eigenvalue weighted by molar-refractivity contribution is -0.0935. The summed E-state index contributed by atoms with van der Waals surface area (Å²) in [7, 11) is 0. The lowest BCUT2D eigenvalue weighted by atomic mass is 9.91. The molecule has 1 aliphatic carbocycles. The van der Waals surface area contributed by atoms with E-state index >= 15 is 0 Å². The standard InChI is InChI=1S/C14H14O3/c15-13(11-7-3-1-4-8-11)14(16,17)12-9-5-2-6-10-12/h1-5,7-9,16-17H,6,10H2. The van der Waals surface area contributed by atoms with E-state index in [1.165, 1.54) is 0 Å². The molecule has 0 aliphatic heterocycles. The lowest BCUT2D eigenvalue weighted by Gasteiger charge is -2.24. The Morgan fingerprint density at radius 2 is 1.88 bits per heavy atom. The Labute approximate surface area is 99.7 Å². The molecule has 17 heavy (non-hydrogen) atoms. The molecule has 1 aliphatic rings. The van der Waals surface area contributed by atoms with Crippen molar-refractivity contribution in [2.24, 2.45) is 0 Å². The summed E-state index contributed by atoms with van der Waals surface area (Å²) in [5.74, 6) is -3.08. The fourth-order valence-corrected chi connectivity index (χ4v) is 1.83. The Balaban J connectivity index is 2.29. The number of hydrogen-bond acceptors (Lipinski definition) is 3. The molecule has 3 nitrogen and oxygen atoms in total. The van der Waals surface area contributed by atoms with Gasteiger partial charge in [-0.25, -0.2) is 0 Å². The van der Waals surface area contributed by atoms with Gasteiger partial charge in [-0.3, -0.25) is 4.79 Å². The van der Waals surface area contributed by atoms with E-state index in [1.54, 1.807) is 42.5 Å². The van der Waals surface area contributed by atoms with Crippen LogP contribution in [0.2, 0.25) is 0 Å². The van der Waals surface area contributed by atoms with Crippen LogP contribution in [0.1, 0.15) is 23.2 Å². The first-order valence-corrected chi connectivity index (χ1v) is 5.53. The Hall–Kier alpha value is -1.71. The van der Waals surface area contributed by atoms with Crippen molar-refractivity contribution in [3.05, 3.63) is 59.7 Å². The summed E-state index contributed by atoms with van der Waals surface area (Å²) in [4.78, 5) is 12.0. The molecule has 0 amide bonds. The molecule has 0 fully saturated rings. The van der Waals surface area contributed by atoms with Crippen molar-refractivity contribution in [3.63, 3.8) is 0 Å². The van der Waals surface area contributed by atoms with E-state index in [-0.39, 0.29) is 0 Å². The average Bonchev–Trinajstić information content (AvgIpc) is 2.40. The average molecular weight is 230 g/mol. The highest BCUT2D eigenvalue weighted by atomic mass is 16.5. The van der Waals surface area contributed by atoms with Gasteiger partial charge in [-0.15, -0.1) is 0 Å². The number of ketones is 1. The van der Waals surface area contributed by atoms with Gasteiger partial charge < -0.3 is 10.2 Å². The van der Waals surface area contributed by atoms with E-state index in [4.69, 9.17) is 0 Å². The highest BCUT2D eigenvalue weighted by Crippen LogP contribution is 2.26. The molecule has 1 aromatic carbocycles. The largest absolute Gasteiger partial charge is 0.356 e. The number of carbonyl (C=O) groups is 1. The van der Waals surface area contributed by atoms with Crippen molar-refractivity contribution >= 4 is 5.78 Å². The van der Waals surface area contributed by atoms with Gasteiger partial charge in [0.1, 0.15) is 0 Å². The van der Waals surface area contributed by atoms with Crippen LogP contribution in [-0.4, -0.2) is 21.8 Å². The van der Waals surface area contributed by atoms with Crippen molar-refractivity contribution < 1.29 is 15.0 Å². The number of aliphatic hydroxyl groups is 2. The fourth-order valence-electron chi connectivity index (χ4n) is 1.83. The molecule has 0 aromatic heterocycles. The van der Waals surface area contributed by atoms with Crippen molar-refractivity contribution in [1.82, 2.24) is 0 Å². The van der Waals surface area contributed by atoms with E-state index in [0.717, 1.165) is 6.42 Å². The molecule has 1 aromatic rings. The molecule has 0 bridgehead atoms. The molecule has 3 heteroatoms. The van der Waals surface area contributed by atoms with Gasteiger partial charge in [0.25, 0.3) is 5.79 Å². The van der Waals surface area contributed by atoms with Crippen LogP contribution in [0.25, 0.3) is 0 Å². The first kappa shape index (κ1) is 11.8. The molecule has 0 heterocycles. The number of carbonyl (C=O) groups excluding carboxylic acids is 1. The third-order valence-corrected chi connectivity index (χ3v) is 2.81. The zero-order chi connectivity index (χ0) is 12.3. The van der Waals surface area contributed by atoms with Crippen LogP contribution < -0.4 is 0 Å². The summed E-state index contributed by atoms with van der Waals surface area (Å²) in [6.07, 6.45) is 6.45. The minimum atomic E-state index is -2.40. The van der Waals surface area contributed by atoms with Crippen LogP contribution in [-0.2, 0) is 0 Å². The Morgan fingerprint density at radius 1 is 1.18 bits per heavy atom. The summed E-state index contributed by atoms with van der Waals surface area (Å²) in [6.45, 7) is 0. The third-order valence-electron chi connectivity index (χ3n) is 2.81. The van der Waals surface area contributed by atoms with Gasteiger partial charge in [-0.1, -0.05) is 48.6 Å². The minimum Gasteiger partial charge on any atom is -0.356 e. The molecule has 88 valence electrons. The topological polar surface area (TPSA) is 57.5 Å². The molecule has 2 N–H and O–H groups in total. The Bertz CT molecular complexity index is 470. The summed E-state index contributed by atoms with van der Waals surface area (Å²) in [6, 6.07) is 8.30.